The molecule has 1 aliphatic rings. The number of carbonyl (C=O) groups is 2. The van der Waals surface area contributed by atoms with E-state index >= 15 is 0 Å². The molecule has 0 spiro atoms. The van der Waals surface area contributed by atoms with Crippen molar-refractivity contribution in [3.8, 4) is 5.75 Å². The first-order valence-corrected chi connectivity index (χ1v) is 15.5. The predicted octanol–water partition coefficient (Wildman–Crippen LogP) is 7.68. The van der Waals surface area contributed by atoms with Crippen LogP contribution in [0.1, 0.15) is 47.5 Å². The number of unbranched alkanes of at least 4 members (excludes halogenated alkanes) is 1. The van der Waals surface area contributed by atoms with E-state index in [0.29, 0.717) is 39.2 Å². The molecule has 1 amide bonds. The maximum Gasteiger partial charge on any atom is 0.296 e. The van der Waals surface area contributed by atoms with E-state index in [0.717, 1.165) is 29.6 Å². The standard InChI is InChI=1S/C32H26FN3O5S2/c1-2-3-16-40-22-14-12-19(13-15-22)27-26(28(37)25-17-20-8-5-7-11-24(20)41-25)29(38)30(39)36(27)31-34-35-32(43-31)42-18-21-9-4-6-10-23(21)33/h4-15,17,27,38H,2-3,16,18H2,1H3/t27-/m0/s1. The molecule has 218 valence electrons. The number of nitrogens with zero attached hydrogens (tertiary/aromatic N) is 3. The number of ketones is 1. The molecule has 8 nitrogen and oxygen atoms in total. The first-order chi connectivity index (χ1) is 20.9. The summed E-state index contributed by atoms with van der Waals surface area (Å²) < 4.78 is 26.2. The van der Waals surface area contributed by atoms with E-state index in [9.17, 15) is 19.1 Å². The number of amides is 1. The Kier molecular flexibility index (Phi) is 8.26. The van der Waals surface area contributed by atoms with E-state index in [2.05, 4.69) is 17.1 Å². The van der Waals surface area contributed by atoms with Crippen LogP contribution >= 0.6 is 23.1 Å². The van der Waals surface area contributed by atoms with Gasteiger partial charge in [-0.25, -0.2) is 4.39 Å². The average molecular weight is 616 g/mol. The quantitative estimate of drug-likeness (QED) is 0.0698. The fraction of sp³-hybridized carbons (Fsp3) is 0.188. The van der Waals surface area contributed by atoms with Gasteiger partial charge in [-0.05, 0) is 47.9 Å². The summed E-state index contributed by atoms with van der Waals surface area (Å²) in [6.07, 6.45) is 1.91. The third-order valence-electron chi connectivity index (χ3n) is 6.98. The number of aromatic nitrogens is 2. The molecule has 0 saturated heterocycles. The summed E-state index contributed by atoms with van der Waals surface area (Å²) in [7, 11) is 0. The number of Topliss-reactive ketones (excluding diaryl/α,β-unsaturated/α-hetero) is 1. The lowest BCUT2D eigenvalue weighted by atomic mass is 9.95. The number of para-hydroxylation sites is 1. The number of carbonyl (C=O) groups excluding carboxylic acids is 2. The van der Waals surface area contributed by atoms with Gasteiger partial charge in [0.1, 0.15) is 17.1 Å². The minimum absolute atomic E-state index is 0.000292. The van der Waals surface area contributed by atoms with Gasteiger partial charge in [-0.1, -0.05) is 85.0 Å². The number of fused-ring (bicyclic) bond motifs is 1. The monoisotopic (exact) mass is 615 g/mol. The van der Waals surface area contributed by atoms with Crippen LogP contribution in [0.15, 0.2) is 99.0 Å². The summed E-state index contributed by atoms with van der Waals surface area (Å²) >= 11 is 2.39. The molecule has 1 atom stereocenters. The molecule has 1 N–H and O–H groups in total. The first kappa shape index (κ1) is 28.6. The van der Waals surface area contributed by atoms with Crippen molar-refractivity contribution in [3.05, 3.63) is 113 Å². The highest BCUT2D eigenvalue weighted by Gasteiger charge is 2.46. The molecule has 1 aliphatic heterocycles. The molecule has 2 aromatic heterocycles. The number of hydrogen-bond donors (Lipinski definition) is 1. The normalized spacial score (nSPS) is 15.1. The summed E-state index contributed by atoms with van der Waals surface area (Å²) in [4.78, 5) is 28.7. The van der Waals surface area contributed by atoms with Crippen LogP contribution in [-0.4, -0.2) is 33.6 Å². The lowest BCUT2D eigenvalue weighted by Gasteiger charge is -2.24. The van der Waals surface area contributed by atoms with E-state index in [-0.39, 0.29) is 22.3 Å². The summed E-state index contributed by atoms with van der Waals surface area (Å²) in [5.41, 5.74) is 1.46. The molecule has 0 fully saturated rings. The Morgan fingerprint density at radius 3 is 2.63 bits per heavy atom. The van der Waals surface area contributed by atoms with Gasteiger partial charge in [0.25, 0.3) is 5.91 Å². The Balaban J connectivity index is 1.34. The fourth-order valence-electron chi connectivity index (χ4n) is 4.77. The molecule has 0 aliphatic carbocycles. The van der Waals surface area contributed by atoms with Crippen molar-refractivity contribution in [1.82, 2.24) is 10.2 Å². The smallest absolute Gasteiger partial charge is 0.296 e. The third-order valence-corrected chi connectivity index (χ3v) is 9.08. The highest BCUT2D eigenvalue weighted by Crippen LogP contribution is 2.44. The molecule has 3 aromatic carbocycles. The average Bonchev–Trinajstić information content (AvgIpc) is 3.73. The van der Waals surface area contributed by atoms with Crippen molar-refractivity contribution in [3.63, 3.8) is 0 Å². The third kappa shape index (κ3) is 5.78. The molecule has 3 heterocycles. The van der Waals surface area contributed by atoms with Gasteiger partial charge in [0.15, 0.2) is 15.9 Å². The zero-order valence-electron chi connectivity index (χ0n) is 23.0. The van der Waals surface area contributed by atoms with Gasteiger partial charge in [0.2, 0.25) is 10.9 Å². The first-order valence-electron chi connectivity index (χ1n) is 13.7. The second-order valence-electron chi connectivity index (χ2n) is 9.82. The van der Waals surface area contributed by atoms with Crippen molar-refractivity contribution in [1.29, 1.82) is 0 Å². The highest BCUT2D eigenvalue weighted by molar-refractivity contribution is 8.00. The number of halogens is 1. The molecule has 6 rings (SSSR count). The SMILES string of the molecule is CCCCOc1ccc([C@H]2C(C(=O)c3cc4ccccc4o3)=C(O)C(=O)N2c2nnc(SCc3ccccc3F)s2)cc1. The molecule has 0 bridgehead atoms. The van der Waals surface area contributed by atoms with Gasteiger partial charge < -0.3 is 14.3 Å². The maximum absolute atomic E-state index is 14.1. The Labute approximate surface area is 254 Å². The van der Waals surface area contributed by atoms with Crippen molar-refractivity contribution in [2.45, 2.75) is 35.9 Å². The Morgan fingerprint density at radius 1 is 1.09 bits per heavy atom. The van der Waals surface area contributed by atoms with Crippen LogP contribution in [0.3, 0.4) is 0 Å². The molecule has 0 unspecified atom stereocenters. The number of hydrogen-bond acceptors (Lipinski definition) is 9. The topological polar surface area (TPSA) is 106 Å². The van der Waals surface area contributed by atoms with Gasteiger partial charge >= 0.3 is 0 Å². The molecule has 11 heteroatoms. The van der Waals surface area contributed by atoms with E-state index in [1.807, 2.05) is 12.1 Å². The Bertz CT molecular complexity index is 1800. The second-order valence-corrected chi connectivity index (χ2v) is 12.0. The fourth-order valence-corrected chi connectivity index (χ4v) is 6.62. The predicted molar refractivity (Wildman–Crippen MR) is 163 cm³/mol. The van der Waals surface area contributed by atoms with E-state index in [4.69, 9.17) is 9.15 Å². The van der Waals surface area contributed by atoms with Gasteiger partial charge in [-0.3, -0.25) is 14.5 Å². The molecule has 43 heavy (non-hydrogen) atoms. The number of anilines is 1. The lowest BCUT2D eigenvalue weighted by Crippen LogP contribution is -2.31. The van der Waals surface area contributed by atoms with Crippen molar-refractivity contribution in [2.24, 2.45) is 0 Å². The van der Waals surface area contributed by atoms with Crippen LogP contribution in [-0.2, 0) is 10.5 Å². The number of thioether (sulfide) groups is 1. The van der Waals surface area contributed by atoms with Gasteiger partial charge in [0, 0.05) is 11.1 Å². The Morgan fingerprint density at radius 2 is 1.86 bits per heavy atom. The molecule has 0 saturated carbocycles. The summed E-state index contributed by atoms with van der Waals surface area (Å²) in [6.45, 7) is 2.65. The van der Waals surface area contributed by atoms with Gasteiger partial charge in [-0.2, -0.15) is 0 Å². The van der Waals surface area contributed by atoms with Crippen LogP contribution in [0.25, 0.3) is 11.0 Å². The van der Waals surface area contributed by atoms with Crippen LogP contribution in [0, 0.1) is 5.82 Å². The van der Waals surface area contributed by atoms with Crippen molar-refractivity contribution in [2.75, 3.05) is 11.5 Å². The second kappa shape index (κ2) is 12.4. The van der Waals surface area contributed by atoms with Crippen molar-refractivity contribution >= 4 is 50.9 Å². The maximum atomic E-state index is 14.1. The number of benzene rings is 3. The van der Waals surface area contributed by atoms with Crippen LogP contribution < -0.4 is 9.64 Å². The molecular formula is C32H26FN3O5S2. The number of aliphatic hydroxyl groups is 1. The van der Waals surface area contributed by atoms with Crippen LogP contribution in [0.5, 0.6) is 5.75 Å². The van der Waals surface area contributed by atoms with Crippen LogP contribution in [0.2, 0.25) is 0 Å². The largest absolute Gasteiger partial charge is 0.503 e. The zero-order chi connectivity index (χ0) is 29.9. The number of ether oxygens (including phenoxy) is 1. The molecular weight excluding hydrogens is 590 g/mol. The minimum Gasteiger partial charge on any atom is -0.503 e. The minimum atomic E-state index is -1.00. The van der Waals surface area contributed by atoms with Crippen molar-refractivity contribution < 1.29 is 28.2 Å². The number of furan rings is 1. The highest BCUT2D eigenvalue weighted by atomic mass is 32.2. The number of aliphatic hydroxyl groups excluding tert-OH is 1. The summed E-state index contributed by atoms with van der Waals surface area (Å²) in [6, 6.07) is 21.3. The molecule has 5 aromatic rings. The lowest BCUT2D eigenvalue weighted by molar-refractivity contribution is -0.117. The zero-order valence-corrected chi connectivity index (χ0v) is 24.7. The van der Waals surface area contributed by atoms with Gasteiger partial charge in [-0.15, -0.1) is 10.2 Å². The van der Waals surface area contributed by atoms with E-state index < -0.39 is 23.5 Å². The van der Waals surface area contributed by atoms with Gasteiger partial charge in [0.05, 0.1) is 18.2 Å². The Hall–Kier alpha value is -4.48. The summed E-state index contributed by atoms with van der Waals surface area (Å²) in [5.74, 6) is -1.44. The van der Waals surface area contributed by atoms with Crippen LogP contribution in [0.4, 0.5) is 9.52 Å². The molecule has 0 radical (unpaired) electrons. The number of rotatable bonds is 11. The van der Waals surface area contributed by atoms with E-state index in [1.54, 1.807) is 60.7 Å². The van der Waals surface area contributed by atoms with E-state index in [1.165, 1.54) is 22.7 Å². The summed E-state index contributed by atoms with van der Waals surface area (Å²) in [5, 5.41) is 20.5.